The molecule has 2 aliphatic rings. The number of nitriles is 1. The minimum Gasteiger partial charge on any atom is -0.593 e. The molecule has 5 rings (SSSR count). The normalized spacial score (nSPS) is 19.0. The summed E-state index contributed by atoms with van der Waals surface area (Å²) in [5, 5.41) is 12.2. The van der Waals surface area contributed by atoms with E-state index in [1.807, 2.05) is 6.07 Å². The largest absolute Gasteiger partial charge is 0.593 e. The molecule has 44 heavy (non-hydrogen) atoms. The van der Waals surface area contributed by atoms with E-state index < -0.39 is 66.0 Å². The summed E-state index contributed by atoms with van der Waals surface area (Å²) >= 11 is 5.10. The van der Waals surface area contributed by atoms with E-state index in [1.165, 1.54) is 46.5 Å². The van der Waals surface area contributed by atoms with Crippen molar-refractivity contribution in [3.8, 4) is 6.07 Å². The van der Waals surface area contributed by atoms with Crippen molar-refractivity contribution in [3.05, 3.63) is 83.0 Å². The van der Waals surface area contributed by atoms with Crippen molar-refractivity contribution >= 4 is 57.9 Å². The maximum absolute atomic E-state index is 14.7. The smallest absolute Gasteiger partial charge is 0.252 e. The molecule has 0 radical (unpaired) electrons. The van der Waals surface area contributed by atoms with Gasteiger partial charge >= 0.3 is 0 Å². The topological polar surface area (TPSA) is 141 Å². The van der Waals surface area contributed by atoms with Crippen molar-refractivity contribution in [1.29, 1.82) is 5.26 Å². The number of benzene rings is 2. The number of halogens is 3. The predicted molar refractivity (Wildman–Crippen MR) is 161 cm³/mol. The average molecular weight is 641 g/mol. The fourth-order valence-corrected chi connectivity index (χ4v) is 6.11. The molecule has 0 spiro atoms. The van der Waals surface area contributed by atoms with Crippen molar-refractivity contribution < 1.29 is 27.7 Å². The lowest BCUT2D eigenvalue weighted by atomic mass is 9.87. The van der Waals surface area contributed by atoms with Crippen LogP contribution < -0.4 is 19.8 Å². The van der Waals surface area contributed by atoms with Crippen LogP contribution in [0.5, 0.6) is 0 Å². The fourth-order valence-electron chi connectivity index (χ4n) is 5.41. The molecule has 3 aromatic rings. The Bertz CT molecular complexity index is 1630. The van der Waals surface area contributed by atoms with Gasteiger partial charge < -0.3 is 9.87 Å². The Morgan fingerprint density at radius 2 is 1.95 bits per heavy atom. The Morgan fingerprint density at radius 3 is 2.64 bits per heavy atom. The van der Waals surface area contributed by atoms with Gasteiger partial charge in [-0.2, -0.15) is 5.26 Å². The summed E-state index contributed by atoms with van der Waals surface area (Å²) < 4.78 is 42.1. The highest BCUT2D eigenvalue weighted by Crippen LogP contribution is 2.40. The molecule has 3 atom stereocenters. The van der Waals surface area contributed by atoms with Crippen LogP contribution in [-0.2, 0) is 25.7 Å². The van der Waals surface area contributed by atoms with E-state index >= 15 is 0 Å². The molecule has 10 nitrogen and oxygen atoms in total. The molecule has 1 saturated heterocycles. The van der Waals surface area contributed by atoms with Gasteiger partial charge in [0.05, 0.1) is 28.7 Å². The quantitative estimate of drug-likeness (QED) is 0.328. The highest BCUT2D eigenvalue weighted by molar-refractivity contribution is 7.92. The first-order chi connectivity index (χ1) is 21.0. The molecular formula is C30H27ClF2N6O4S. The van der Waals surface area contributed by atoms with Gasteiger partial charge in [-0.1, -0.05) is 35.9 Å². The number of carbonyl (C=O) groups excluding carboxylic acids is 3. The molecule has 2 heterocycles. The van der Waals surface area contributed by atoms with Crippen LogP contribution in [-0.4, -0.2) is 51.5 Å². The summed E-state index contributed by atoms with van der Waals surface area (Å²) in [6, 6.07) is 14.1. The molecule has 1 aliphatic carbocycles. The number of anilines is 3. The predicted octanol–water partition coefficient (Wildman–Crippen LogP) is 4.50. The summed E-state index contributed by atoms with van der Waals surface area (Å²) in [5.41, 5.74) is 1.03. The van der Waals surface area contributed by atoms with Gasteiger partial charge in [0.1, 0.15) is 24.2 Å². The van der Waals surface area contributed by atoms with Crippen LogP contribution >= 0.6 is 11.6 Å². The lowest BCUT2D eigenvalue weighted by molar-refractivity contribution is -0.133. The van der Waals surface area contributed by atoms with Gasteiger partial charge in [-0.25, -0.2) is 18.5 Å². The first-order valence-electron chi connectivity index (χ1n) is 13.6. The molecule has 2 unspecified atom stereocenters. The van der Waals surface area contributed by atoms with Gasteiger partial charge in [-0.15, -0.1) is 0 Å². The molecule has 3 amide bonds. The van der Waals surface area contributed by atoms with Crippen molar-refractivity contribution in [2.45, 2.75) is 49.7 Å². The molecule has 1 saturated carbocycles. The lowest BCUT2D eigenvalue weighted by Gasteiger charge is -2.39. The Morgan fingerprint density at radius 1 is 1.20 bits per heavy atom. The number of hydrogen-bond donors (Lipinski definition) is 2. The van der Waals surface area contributed by atoms with Crippen molar-refractivity contribution in [1.82, 2.24) is 10.3 Å². The minimum atomic E-state index is -2.90. The van der Waals surface area contributed by atoms with Crippen LogP contribution in [0.25, 0.3) is 0 Å². The van der Waals surface area contributed by atoms with Gasteiger partial charge in [0.25, 0.3) is 11.8 Å². The van der Waals surface area contributed by atoms with E-state index in [0.29, 0.717) is 5.69 Å². The maximum atomic E-state index is 14.7. The highest BCUT2D eigenvalue weighted by atomic mass is 35.5. The van der Waals surface area contributed by atoms with Crippen LogP contribution in [0.3, 0.4) is 0 Å². The third-order valence-electron chi connectivity index (χ3n) is 7.38. The summed E-state index contributed by atoms with van der Waals surface area (Å²) in [6.45, 7) is 0. The van der Waals surface area contributed by atoms with E-state index in [2.05, 4.69) is 15.0 Å². The first kappa shape index (κ1) is 31.2. The second-order valence-electron chi connectivity index (χ2n) is 10.5. The third kappa shape index (κ3) is 6.62. The number of aromatic nitrogens is 1. The number of amides is 3. The zero-order valence-electron chi connectivity index (χ0n) is 23.4. The zero-order valence-corrected chi connectivity index (χ0v) is 24.9. The molecule has 1 aromatic heterocycles. The molecule has 2 aromatic carbocycles. The minimum absolute atomic E-state index is 0.000761. The van der Waals surface area contributed by atoms with Gasteiger partial charge in [-0.3, -0.25) is 24.2 Å². The fraction of sp³-hybridized carbons (Fsp3) is 0.300. The maximum Gasteiger partial charge on any atom is 0.252 e. The van der Waals surface area contributed by atoms with E-state index in [1.54, 1.807) is 36.4 Å². The van der Waals surface area contributed by atoms with Gasteiger partial charge in [0.2, 0.25) is 11.8 Å². The molecule has 228 valence electrons. The highest BCUT2D eigenvalue weighted by Gasteiger charge is 2.48. The number of rotatable bonds is 9. The van der Waals surface area contributed by atoms with Crippen LogP contribution in [0.4, 0.5) is 26.0 Å². The molecule has 14 heteroatoms. The molecule has 1 aliphatic heterocycles. The monoisotopic (exact) mass is 640 g/mol. The van der Waals surface area contributed by atoms with Crippen molar-refractivity contribution in [2.24, 2.45) is 0 Å². The molecule has 0 bridgehead atoms. The summed E-state index contributed by atoms with van der Waals surface area (Å²) in [7, 11) is 0. The summed E-state index contributed by atoms with van der Waals surface area (Å²) in [6.07, 6.45) is 1.76. The summed E-state index contributed by atoms with van der Waals surface area (Å²) in [5.74, 6) is -4.63. The second-order valence-corrected chi connectivity index (χ2v) is 12.1. The average Bonchev–Trinajstić information content (AvgIpc) is 3.36. The third-order valence-corrected chi connectivity index (χ3v) is 8.25. The second kappa shape index (κ2) is 12.8. The van der Waals surface area contributed by atoms with Crippen LogP contribution in [0.1, 0.15) is 42.9 Å². The van der Waals surface area contributed by atoms with Crippen LogP contribution in [0, 0.1) is 11.3 Å². The first-order valence-corrected chi connectivity index (χ1v) is 15.5. The number of alkyl halides is 2. The Hall–Kier alpha value is -4.25. The SMILES string of the molecule is C[S+]([O-])Nc1cccc(N(C(=O)C2CCC(=O)N2c2cc(C#N)ccn2)[C@H](C(=O)NC2CC(F)(F)C2)c2ccccc2Cl)c1. The van der Waals surface area contributed by atoms with Crippen molar-refractivity contribution in [3.63, 3.8) is 0 Å². The van der Waals surface area contributed by atoms with Gasteiger partial charge in [-0.05, 0) is 42.8 Å². The van der Waals surface area contributed by atoms with E-state index in [0.717, 1.165) is 0 Å². The number of nitrogens with zero attached hydrogens (tertiary/aromatic N) is 4. The zero-order chi connectivity index (χ0) is 31.6. The molecule has 2 fully saturated rings. The van der Waals surface area contributed by atoms with Crippen LogP contribution in [0.2, 0.25) is 5.02 Å². The lowest BCUT2D eigenvalue weighted by Crippen LogP contribution is -2.56. The Kier molecular flexibility index (Phi) is 9.05. The number of nitrogens with one attached hydrogen (secondary N) is 2. The summed E-state index contributed by atoms with van der Waals surface area (Å²) in [4.78, 5) is 48.4. The molecular weight excluding hydrogens is 614 g/mol. The Labute approximate surface area is 260 Å². The van der Waals surface area contributed by atoms with Gasteiger partial charge in [0, 0.05) is 47.8 Å². The standard InChI is InChI=1S/C30H27ClF2N6O4S/c1-44(43)37-19-5-4-6-21(14-19)38(29(42)24-9-10-26(40)39(24)25-13-18(17-34)11-12-35-25)27(22-7-2-3-8-23(22)31)28(41)36-20-15-30(32,33)16-20/h2-8,11-14,20,24,27,37H,9-10,15-16H2,1H3,(H,36,41)/t24?,27-,44?/m0/s1. The van der Waals surface area contributed by atoms with E-state index in [9.17, 15) is 33.0 Å². The Balaban J connectivity index is 1.63. The van der Waals surface area contributed by atoms with E-state index in [-0.39, 0.29) is 40.5 Å². The number of pyridine rings is 1. The van der Waals surface area contributed by atoms with Gasteiger partial charge in [0.15, 0.2) is 0 Å². The number of hydrogen-bond acceptors (Lipinski definition) is 7. The molecule has 2 N–H and O–H groups in total. The van der Waals surface area contributed by atoms with E-state index in [4.69, 9.17) is 11.6 Å². The van der Waals surface area contributed by atoms with Crippen LogP contribution in [0.15, 0.2) is 66.9 Å². The van der Waals surface area contributed by atoms with Crippen molar-refractivity contribution in [2.75, 3.05) is 20.8 Å². The number of carbonyl (C=O) groups is 3.